The fourth-order valence-electron chi connectivity index (χ4n) is 2.03. The second-order valence-electron chi connectivity index (χ2n) is 4.66. The van der Waals surface area contributed by atoms with Crippen LogP contribution in [0, 0.1) is 10.1 Å². The first kappa shape index (κ1) is 16.9. The molecule has 0 aromatic heterocycles. The molecule has 1 rings (SSSR count). The summed E-state index contributed by atoms with van der Waals surface area (Å²) >= 11 is 3.33. The van der Waals surface area contributed by atoms with Crippen molar-refractivity contribution in [1.29, 1.82) is 0 Å². The molecule has 1 aromatic rings. The molecule has 1 unspecified atom stereocenters. The molecule has 0 amide bonds. The second-order valence-corrected chi connectivity index (χ2v) is 5.22. The minimum Gasteiger partial charge on any atom is -0.383 e. The smallest absolute Gasteiger partial charge is 0.292 e. The van der Waals surface area contributed by atoms with E-state index in [2.05, 4.69) is 29.8 Å². The van der Waals surface area contributed by atoms with Crippen LogP contribution in [-0.2, 0) is 10.1 Å². The molecule has 1 atom stereocenters. The fourth-order valence-corrected chi connectivity index (χ4v) is 2.38. The number of methoxy groups -OCH3 is 1. The Kier molecular flexibility index (Phi) is 6.95. The average molecular weight is 345 g/mol. The third kappa shape index (κ3) is 4.18. The molecular weight excluding hydrogens is 324 g/mol. The number of alkyl halides is 1. The van der Waals surface area contributed by atoms with Gasteiger partial charge >= 0.3 is 0 Å². The van der Waals surface area contributed by atoms with Crippen molar-refractivity contribution in [1.82, 2.24) is 0 Å². The van der Waals surface area contributed by atoms with E-state index in [1.807, 2.05) is 17.0 Å². The van der Waals surface area contributed by atoms with Crippen molar-refractivity contribution in [2.45, 2.75) is 31.6 Å². The Morgan fingerprint density at radius 1 is 1.50 bits per heavy atom. The third-order valence-corrected chi connectivity index (χ3v) is 4.01. The molecule has 112 valence electrons. The minimum absolute atomic E-state index is 0.151. The summed E-state index contributed by atoms with van der Waals surface area (Å²) < 4.78 is 5.11. The molecule has 0 radical (unpaired) electrons. The van der Waals surface area contributed by atoms with Gasteiger partial charge in [0.15, 0.2) is 0 Å². The monoisotopic (exact) mass is 344 g/mol. The Balaban J connectivity index is 3.20. The van der Waals surface area contributed by atoms with Crippen LogP contribution in [0.3, 0.4) is 0 Å². The van der Waals surface area contributed by atoms with Crippen LogP contribution < -0.4 is 4.90 Å². The van der Waals surface area contributed by atoms with Gasteiger partial charge in [0.25, 0.3) is 5.69 Å². The lowest BCUT2D eigenvalue weighted by molar-refractivity contribution is -0.384. The van der Waals surface area contributed by atoms with E-state index < -0.39 is 0 Å². The molecule has 0 N–H and O–H groups in total. The Bertz CT molecular complexity index is 454. The Morgan fingerprint density at radius 2 is 2.20 bits per heavy atom. The maximum absolute atomic E-state index is 11.3. The van der Waals surface area contributed by atoms with Gasteiger partial charge in [-0.2, -0.15) is 0 Å². The van der Waals surface area contributed by atoms with Crippen molar-refractivity contribution in [3.05, 3.63) is 33.9 Å². The fraction of sp³-hybridized carbons (Fsp3) is 0.571. The molecule has 20 heavy (non-hydrogen) atoms. The van der Waals surface area contributed by atoms with E-state index in [9.17, 15) is 10.1 Å². The standard InChI is InChI=1S/C14H21BrN2O3/c1-4-11(2)16(7-8-20-3)13-6-5-12(10-15)9-14(13)17(18)19/h5-6,9,11H,4,7-8,10H2,1-3H3. The highest BCUT2D eigenvalue weighted by Gasteiger charge is 2.22. The first-order valence-electron chi connectivity index (χ1n) is 6.64. The first-order valence-corrected chi connectivity index (χ1v) is 7.76. The van der Waals surface area contributed by atoms with E-state index in [4.69, 9.17) is 4.74 Å². The summed E-state index contributed by atoms with van der Waals surface area (Å²) in [5, 5.41) is 11.9. The van der Waals surface area contributed by atoms with Gasteiger partial charge in [-0.25, -0.2) is 0 Å². The maximum atomic E-state index is 11.3. The van der Waals surface area contributed by atoms with Gasteiger partial charge < -0.3 is 9.64 Å². The minimum atomic E-state index is -0.316. The van der Waals surface area contributed by atoms with Crippen LogP contribution in [0.1, 0.15) is 25.8 Å². The highest BCUT2D eigenvalue weighted by Crippen LogP contribution is 2.31. The Labute approximate surface area is 128 Å². The van der Waals surface area contributed by atoms with E-state index in [0.29, 0.717) is 24.2 Å². The number of nitrogens with zero attached hydrogens (tertiary/aromatic N) is 2. The normalized spacial score (nSPS) is 12.2. The van der Waals surface area contributed by atoms with Crippen LogP contribution in [0.5, 0.6) is 0 Å². The van der Waals surface area contributed by atoms with Crippen molar-refractivity contribution in [2.75, 3.05) is 25.2 Å². The Hall–Kier alpha value is -1.14. The summed E-state index contributed by atoms with van der Waals surface area (Å²) in [7, 11) is 1.64. The molecule has 0 spiro atoms. The first-order chi connectivity index (χ1) is 9.54. The van der Waals surface area contributed by atoms with Crippen molar-refractivity contribution in [3.63, 3.8) is 0 Å². The van der Waals surface area contributed by atoms with E-state index >= 15 is 0 Å². The van der Waals surface area contributed by atoms with Crippen molar-refractivity contribution in [2.24, 2.45) is 0 Å². The molecule has 5 nitrogen and oxygen atoms in total. The summed E-state index contributed by atoms with van der Waals surface area (Å²) in [5.41, 5.74) is 1.71. The van der Waals surface area contributed by atoms with Gasteiger partial charge in [0.05, 0.1) is 11.5 Å². The predicted octanol–water partition coefficient (Wildman–Crippen LogP) is 3.74. The molecular formula is C14H21BrN2O3. The van der Waals surface area contributed by atoms with Gasteiger partial charge in [-0.1, -0.05) is 28.9 Å². The van der Waals surface area contributed by atoms with Gasteiger partial charge in [-0.05, 0) is 25.0 Å². The zero-order valence-corrected chi connectivity index (χ0v) is 13.7. The summed E-state index contributed by atoms with van der Waals surface area (Å²) in [6.45, 7) is 5.32. The topological polar surface area (TPSA) is 55.6 Å². The number of hydrogen-bond donors (Lipinski definition) is 0. The molecule has 0 heterocycles. The van der Waals surface area contributed by atoms with Gasteiger partial charge in [-0.3, -0.25) is 10.1 Å². The largest absolute Gasteiger partial charge is 0.383 e. The number of ether oxygens (including phenoxy) is 1. The summed E-state index contributed by atoms with van der Waals surface area (Å²) in [6, 6.07) is 5.60. The number of nitro benzene ring substituents is 1. The van der Waals surface area contributed by atoms with E-state index in [-0.39, 0.29) is 16.7 Å². The number of nitro groups is 1. The van der Waals surface area contributed by atoms with Gasteiger partial charge in [0.2, 0.25) is 0 Å². The number of rotatable bonds is 8. The van der Waals surface area contributed by atoms with Gasteiger partial charge in [0, 0.05) is 31.1 Å². The quantitative estimate of drug-likeness (QED) is 0.409. The van der Waals surface area contributed by atoms with Gasteiger partial charge in [0.1, 0.15) is 5.69 Å². The highest BCUT2D eigenvalue weighted by atomic mass is 79.9. The van der Waals surface area contributed by atoms with E-state index in [1.165, 1.54) is 0 Å². The lowest BCUT2D eigenvalue weighted by Gasteiger charge is -2.30. The number of halogens is 1. The van der Waals surface area contributed by atoms with Crippen molar-refractivity contribution >= 4 is 27.3 Å². The Morgan fingerprint density at radius 3 is 2.70 bits per heavy atom. The molecule has 6 heteroatoms. The van der Waals surface area contributed by atoms with Gasteiger partial charge in [-0.15, -0.1) is 0 Å². The number of anilines is 1. The molecule has 0 aliphatic heterocycles. The van der Waals surface area contributed by atoms with Crippen LogP contribution in [0.4, 0.5) is 11.4 Å². The molecule has 0 aliphatic carbocycles. The third-order valence-electron chi connectivity index (χ3n) is 3.36. The van der Waals surface area contributed by atoms with Crippen LogP contribution in [-0.4, -0.2) is 31.2 Å². The lowest BCUT2D eigenvalue weighted by Crippen LogP contribution is -2.35. The maximum Gasteiger partial charge on any atom is 0.292 e. The molecule has 0 saturated carbocycles. The van der Waals surface area contributed by atoms with Crippen LogP contribution >= 0.6 is 15.9 Å². The van der Waals surface area contributed by atoms with Crippen LogP contribution in [0.15, 0.2) is 18.2 Å². The zero-order valence-electron chi connectivity index (χ0n) is 12.1. The van der Waals surface area contributed by atoms with E-state index in [0.717, 1.165) is 12.0 Å². The molecule has 0 bridgehead atoms. The zero-order chi connectivity index (χ0) is 15.1. The summed E-state index contributed by atoms with van der Waals surface area (Å²) in [6.07, 6.45) is 0.918. The summed E-state index contributed by atoms with van der Waals surface area (Å²) in [5.74, 6) is 0. The van der Waals surface area contributed by atoms with Crippen LogP contribution in [0.25, 0.3) is 0 Å². The molecule has 0 aliphatic rings. The van der Waals surface area contributed by atoms with Crippen LogP contribution in [0.2, 0.25) is 0 Å². The predicted molar refractivity (Wildman–Crippen MR) is 84.7 cm³/mol. The average Bonchev–Trinajstić information content (AvgIpc) is 2.47. The molecule has 0 fully saturated rings. The second kappa shape index (κ2) is 8.21. The number of hydrogen-bond acceptors (Lipinski definition) is 4. The SMILES string of the molecule is CCC(C)N(CCOC)c1ccc(CBr)cc1[N+](=O)[O-]. The van der Waals surface area contributed by atoms with E-state index in [1.54, 1.807) is 13.2 Å². The molecule has 1 aromatic carbocycles. The van der Waals surface area contributed by atoms with Crippen molar-refractivity contribution in [3.8, 4) is 0 Å². The molecule has 0 saturated heterocycles. The lowest BCUT2D eigenvalue weighted by atomic mass is 10.1. The van der Waals surface area contributed by atoms with Crippen molar-refractivity contribution < 1.29 is 9.66 Å². The summed E-state index contributed by atoms with van der Waals surface area (Å²) in [4.78, 5) is 13.0. The highest BCUT2D eigenvalue weighted by molar-refractivity contribution is 9.08. The number of benzene rings is 1.